The molecule has 0 aliphatic heterocycles. The van der Waals surface area contributed by atoms with Gasteiger partial charge in [0.2, 0.25) is 0 Å². The van der Waals surface area contributed by atoms with E-state index in [0.29, 0.717) is 0 Å². The Hall–Kier alpha value is 2.61. The van der Waals surface area contributed by atoms with E-state index in [-0.39, 0.29) is 72.6 Å². The van der Waals surface area contributed by atoms with E-state index in [4.69, 9.17) is 13.0 Å². The molecule has 0 aromatic carbocycles. The average molecular weight is 196 g/mol. The third-order valence-electron chi connectivity index (χ3n) is 0. The van der Waals surface area contributed by atoms with E-state index in [1.165, 1.54) is 0 Å². The predicted molar refractivity (Wildman–Crippen MR) is 45.2 cm³/mol. The monoisotopic (exact) mass is 196 g/mol. The molecular formula is H6Na2O3S3. The molecule has 8 heteroatoms. The summed E-state index contributed by atoms with van der Waals surface area (Å²) in [6, 6.07) is 0. The second kappa shape index (κ2) is 9.61. The molecule has 0 aromatic heterocycles. The molecule has 0 atom stereocenters. The summed E-state index contributed by atoms with van der Waals surface area (Å²) in [7, 11) is -3.97. The maximum absolute atomic E-state index is 9.05. The summed E-state index contributed by atoms with van der Waals surface area (Å²) >= 11 is 2.65. The van der Waals surface area contributed by atoms with E-state index in [9.17, 15) is 0 Å². The molecule has 0 amide bonds. The topological polar surface area (TPSA) is 54.4 Å². The van der Waals surface area contributed by atoms with Gasteiger partial charge in [-0.1, -0.05) is 0 Å². The van der Waals surface area contributed by atoms with Crippen molar-refractivity contribution in [1.82, 2.24) is 0 Å². The van der Waals surface area contributed by atoms with E-state index in [1.807, 2.05) is 0 Å². The van der Waals surface area contributed by atoms with Gasteiger partial charge in [0.1, 0.15) is 0 Å². The van der Waals surface area contributed by atoms with Crippen molar-refractivity contribution in [2.75, 3.05) is 0 Å². The summed E-state index contributed by atoms with van der Waals surface area (Å²) in [6.45, 7) is 0. The first kappa shape index (κ1) is 22.4. The zero-order chi connectivity index (χ0) is 4.50. The van der Waals surface area contributed by atoms with Crippen LogP contribution in [0.3, 0.4) is 0 Å². The number of thiol groups is 1. The predicted octanol–water partition coefficient (Wildman–Crippen LogP) is -1.47. The van der Waals surface area contributed by atoms with Crippen molar-refractivity contribution >= 4 is 93.4 Å². The summed E-state index contributed by atoms with van der Waals surface area (Å²) in [5.41, 5.74) is 0. The second-order valence-corrected chi connectivity index (χ2v) is 2.73. The van der Waals surface area contributed by atoms with Crippen LogP contribution in [-0.4, -0.2) is 72.1 Å². The molecule has 0 saturated carbocycles. The van der Waals surface area contributed by atoms with Crippen molar-refractivity contribution in [2.24, 2.45) is 0 Å². The standard InChI is InChI=1S/2Na.H2O3S2.H2S.2H/c;;1-5(2,3)4;;;/h;;(H2,1,2,3,4);1H2;;. The molecule has 0 fully saturated rings. The van der Waals surface area contributed by atoms with Crippen LogP contribution in [0.25, 0.3) is 0 Å². The van der Waals surface area contributed by atoms with Crippen LogP contribution < -0.4 is 0 Å². The van der Waals surface area contributed by atoms with Gasteiger partial charge in [0, 0.05) is 0 Å². The Kier molecular flexibility index (Phi) is 26.9. The Bertz CT molecular complexity index is 95.7. The summed E-state index contributed by atoms with van der Waals surface area (Å²) in [6.07, 6.45) is 0. The van der Waals surface area contributed by atoms with Gasteiger partial charge in [-0.3, -0.25) is 4.55 Å². The van der Waals surface area contributed by atoms with Gasteiger partial charge in [-0.15, -0.1) is 0 Å². The SMILES string of the molecule is O=S(=O)(O)S.S.[NaH].[NaH]. The molecule has 0 spiro atoms. The first-order valence-electron chi connectivity index (χ1n) is 0.698. The van der Waals surface area contributed by atoms with Gasteiger partial charge in [-0.25, -0.2) is 0 Å². The van der Waals surface area contributed by atoms with E-state index < -0.39 is 9.15 Å². The first-order chi connectivity index (χ1) is 2.00. The fourth-order valence-electron chi connectivity index (χ4n) is 0. The molecule has 0 saturated heterocycles. The van der Waals surface area contributed by atoms with E-state index in [2.05, 4.69) is 11.7 Å². The van der Waals surface area contributed by atoms with Gasteiger partial charge in [-0.05, 0) is 11.7 Å². The van der Waals surface area contributed by atoms with Gasteiger partial charge in [-0.2, -0.15) is 21.9 Å². The molecule has 0 unspecified atom stereocenters. The fourth-order valence-corrected chi connectivity index (χ4v) is 0. The van der Waals surface area contributed by atoms with Crippen molar-refractivity contribution in [3.05, 3.63) is 0 Å². The van der Waals surface area contributed by atoms with Gasteiger partial charge >= 0.3 is 68.3 Å². The molecule has 0 rings (SSSR count). The minimum absolute atomic E-state index is 0. The van der Waals surface area contributed by atoms with E-state index in [1.54, 1.807) is 0 Å². The summed E-state index contributed by atoms with van der Waals surface area (Å²) < 4.78 is 25.5. The van der Waals surface area contributed by atoms with Crippen LogP contribution >= 0.6 is 25.2 Å². The Morgan fingerprint density at radius 3 is 1.25 bits per heavy atom. The molecule has 8 heavy (non-hydrogen) atoms. The van der Waals surface area contributed by atoms with Gasteiger partial charge < -0.3 is 0 Å². The fraction of sp³-hybridized carbons (Fsp3) is 0. The Morgan fingerprint density at radius 2 is 1.25 bits per heavy atom. The van der Waals surface area contributed by atoms with Crippen molar-refractivity contribution < 1.29 is 13.0 Å². The van der Waals surface area contributed by atoms with E-state index >= 15 is 0 Å². The molecule has 0 aliphatic carbocycles. The number of rotatable bonds is 0. The molecule has 0 aliphatic rings. The number of hydrogen-bond acceptors (Lipinski definition) is 2. The van der Waals surface area contributed by atoms with Crippen LogP contribution in [0.4, 0.5) is 0 Å². The van der Waals surface area contributed by atoms with Crippen molar-refractivity contribution in [3.63, 3.8) is 0 Å². The van der Waals surface area contributed by atoms with Gasteiger partial charge in [0.15, 0.2) is 0 Å². The van der Waals surface area contributed by atoms with E-state index in [0.717, 1.165) is 0 Å². The van der Waals surface area contributed by atoms with Crippen LogP contribution in [0.15, 0.2) is 0 Å². The Morgan fingerprint density at radius 1 is 1.25 bits per heavy atom. The molecule has 3 nitrogen and oxygen atoms in total. The molecule has 1 N–H and O–H groups in total. The maximum atomic E-state index is 9.05. The molecule has 44 valence electrons. The molecule has 0 bridgehead atoms. The van der Waals surface area contributed by atoms with Crippen molar-refractivity contribution in [3.8, 4) is 0 Å². The van der Waals surface area contributed by atoms with Crippen LogP contribution in [0.2, 0.25) is 0 Å². The molecular weight excluding hydrogens is 190 g/mol. The summed E-state index contributed by atoms with van der Waals surface area (Å²) in [5.74, 6) is 0. The quantitative estimate of drug-likeness (QED) is 0.215. The molecule has 0 aromatic rings. The van der Waals surface area contributed by atoms with Gasteiger partial charge in [0.25, 0.3) is 0 Å². The molecule has 0 heterocycles. The zero-order valence-electron chi connectivity index (χ0n) is 2.62. The summed E-state index contributed by atoms with van der Waals surface area (Å²) in [5, 5.41) is 0. The van der Waals surface area contributed by atoms with Crippen LogP contribution in [0.1, 0.15) is 0 Å². The third-order valence-corrected chi connectivity index (χ3v) is 0. The first-order valence-corrected chi connectivity index (χ1v) is 3.19. The normalized spacial score (nSPS) is 7.25. The Balaban J connectivity index is -0.0000000267. The van der Waals surface area contributed by atoms with Crippen LogP contribution in [0, 0.1) is 0 Å². The van der Waals surface area contributed by atoms with Crippen LogP contribution in [-0.2, 0) is 9.15 Å². The Labute approximate surface area is 105 Å². The van der Waals surface area contributed by atoms with Crippen LogP contribution in [0.5, 0.6) is 0 Å². The minimum atomic E-state index is -3.97. The average Bonchev–Trinajstić information content (AvgIpc) is 0.722. The second-order valence-electron chi connectivity index (χ2n) is 0.448. The number of hydrogen-bond donors (Lipinski definition) is 2. The molecule has 0 radical (unpaired) electrons. The van der Waals surface area contributed by atoms with Crippen molar-refractivity contribution in [1.29, 1.82) is 0 Å². The summed E-state index contributed by atoms with van der Waals surface area (Å²) in [4.78, 5) is 0. The zero-order valence-corrected chi connectivity index (χ0v) is 5.33. The van der Waals surface area contributed by atoms with Crippen molar-refractivity contribution in [2.45, 2.75) is 0 Å². The third kappa shape index (κ3) is 73.2. The van der Waals surface area contributed by atoms with Gasteiger partial charge in [0.05, 0.1) is 0 Å².